The van der Waals surface area contributed by atoms with Gasteiger partial charge in [0, 0.05) is 11.3 Å². The van der Waals surface area contributed by atoms with Crippen LogP contribution in [0.2, 0.25) is 0 Å². The number of carbonyl (C=O) groups is 1. The summed E-state index contributed by atoms with van der Waals surface area (Å²) in [5.41, 5.74) is -3.10. The molecule has 0 bridgehead atoms. The van der Waals surface area contributed by atoms with Crippen molar-refractivity contribution in [1.82, 2.24) is 5.01 Å². The molecule has 1 saturated carbocycles. The van der Waals surface area contributed by atoms with Crippen LogP contribution in [0.5, 0.6) is 5.75 Å². The maximum atomic E-state index is 13.6. The van der Waals surface area contributed by atoms with Gasteiger partial charge in [0.1, 0.15) is 5.75 Å². The number of carbonyl (C=O) groups excluding carboxylic acids is 1. The number of aliphatic hydroxyl groups is 1. The molecule has 1 aliphatic carbocycles. The summed E-state index contributed by atoms with van der Waals surface area (Å²) in [4.78, 5) is 12.6. The van der Waals surface area contributed by atoms with Gasteiger partial charge in [-0.25, -0.2) is 0 Å². The molecule has 24 heavy (non-hydrogen) atoms. The highest BCUT2D eigenvalue weighted by molar-refractivity contribution is 5.99. The fourth-order valence-electron chi connectivity index (χ4n) is 3.30. The number of hydrogen-bond acceptors (Lipinski definition) is 4. The topological polar surface area (TPSA) is 62.1 Å². The van der Waals surface area contributed by atoms with Gasteiger partial charge in [-0.2, -0.15) is 23.3 Å². The smallest absolute Gasteiger partial charge is 0.439 e. The number of hydrazone groups is 1. The standard InChI is InChI=1S/C16H17F3N2O3/c1-24-11-6-4-5-10(9-11)14(22)21-15(23,16(17,18)19)12-7-2-3-8-13(12)20-21/h4-6,9,12,23H,2-3,7-8H2,1H3/t12-,15+/m1/s1. The average molecular weight is 342 g/mol. The van der Waals surface area contributed by atoms with Crippen molar-refractivity contribution in [3.63, 3.8) is 0 Å². The van der Waals surface area contributed by atoms with Crippen molar-refractivity contribution < 1.29 is 27.8 Å². The lowest BCUT2D eigenvalue weighted by molar-refractivity contribution is -0.312. The Morgan fingerprint density at radius 3 is 2.83 bits per heavy atom. The molecule has 0 radical (unpaired) electrons. The third-order valence-electron chi connectivity index (χ3n) is 4.54. The van der Waals surface area contributed by atoms with Gasteiger partial charge in [0.15, 0.2) is 0 Å². The van der Waals surface area contributed by atoms with Crippen molar-refractivity contribution in [3.05, 3.63) is 29.8 Å². The van der Waals surface area contributed by atoms with Gasteiger partial charge in [-0.05, 0) is 37.5 Å². The third-order valence-corrected chi connectivity index (χ3v) is 4.54. The Bertz CT molecular complexity index is 689. The molecule has 8 heteroatoms. The second kappa shape index (κ2) is 5.77. The maximum absolute atomic E-state index is 13.6. The first-order chi connectivity index (χ1) is 11.3. The normalized spacial score (nSPS) is 26.8. The number of methoxy groups -OCH3 is 1. The molecule has 1 aromatic rings. The summed E-state index contributed by atoms with van der Waals surface area (Å²) in [6.45, 7) is 0. The first kappa shape index (κ1) is 16.8. The van der Waals surface area contributed by atoms with Gasteiger partial charge in [-0.15, -0.1) is 0 Å². The van der Waals surface area contributed by atoms with E-state index in [9.17, 15) is 23.1 Å². The minimum absolute atomic E-state index is 0.0278. The molecule has 1 N–H and O–H groups in total. The van der Waals surface area contributed by atoms with Crippen LogP contribution in [0, 0.1) is 5.92 Å². The number of benzene rings is 1. The Morgan fingerprint density at radius 1 is 1.42 bits per heavy atom. The second-order valence-corrected chi connectivity index (χ2v) is 5.96. The summed E-state index contributed by atoms with van der Waals surface area (Å²) in [6, 6.07) is 5.75. The fraction of sp³-hybridized carbons (Fsp3) is 0.500. The lowest BCUT2D eigenvalue weighted by Crippen LogP contribution is -2.61. The van der Waals surface area contributed by atoms with E-state index in [1.165, 1.54) is 25.3 Å². The molecule has 1 aromatic carbocycles. The number of rotatable bonds is 2. The summed E-state index contributed by atoms with van der Waals surface area (Å²) in [7, 11) is 1.39. The number of ether oxygens (including phenoxy) is 1. The Labute approximate surface area is 136 Å². The predicted molar refractivity (Wildman–Crippen MR) is 79.6 cm³/mol. The van der Waals surface area contributed by atoms with E-state index in [2.05, 4.69) is 5.10 Å². The quantitative estimate of drug-likeness (QED) is 0.899. The van der Waals surface area contributed by atoms with Gasteiger partial charge in [0.05, 0.1) is 13.0 Å². The van der Waals surface area contributed by atoms with Gasteiger partial charge in [-0.3, -0.25) is 4.79 Å². The van der Waals surface area contributed by atoms with E-state index in [1.54, 1.807) is 6.07 Å². The monoisotopic (exact) mass is 342 g/mol. The van der Waals surface area contributed by atoms with Gasteiger partial charge in [-0.1, -0.05) is 12.5 Å². The van der Waals surface area contributed by atoms with E-state index >= 15 is 0 Å². The molecule has 1 aliphatic heterocycles. The molecular formula is C16H17F3N2O3. The molecule has 5 nitrogen and oxygen atoms in total. The van der Waals surface area contributed by atoms with Crippen LogP contribution in [-0.2, 0) is 0 Å². The molecular weight excluding hydrogens is 325 g/mol. The minimum atomic E-state index is -5.01. The molecule has 0 saturated heterocycles. The zero-order valence-corrected chi connectivity index (χ0v) is 13.0. The van der Waals surface area contributed by atoms with Crippen molar-refractivity contribution in [2.75, 3.05) is 7.11 Å². The Morgan fingerprint density at radius 2 is 2.17 bits per heavy atom. The minimum Gasteiger partial charge on any atom is -0.497 e. The van der Waals surface area contributed by atoms with Gasteiger partial charge in [0.25, 0.3) is 11.6 Å². The van der Waals surface area contributed by atoms with Crippen LogP contribution >= 0.6 is 0 Å². The third kappa shape index (κ3) is 2.45. The number of amides is 1. The second-order valence-electron chi connectivity index (χ2n) is 5.96. The predicted octanol–water partition coefficient (Wildman–Crippen LogP) is 2.95. The van der Waals surface area contributed by atoms with Crippen LogP contribution in [0.3, 0.4) is 0 Å². The molecule has 130 valence electrons. The number of hydrogen-bond donors (Lipinski definition) is 1. The maximum Gasteiger partial charge on any atom is 0.439 e. The highest BCUT2D eigenvalue weighted by Gasteiger charge is 2.68. The lowest BCUT2D eigenvalue weighted by atomic mass is 9.80. The zero-order valence-electron chi connectivity index (χ0n) is 13.0. The summed E-state index contributed by atoms with van der Waals surface area (Å²) in [6.07, 6.45) is -3.25. The van der Waals surface area contributed by atoms with E-state index in [4.69, 9.17) is 4.74 Å². The summed E-state index contributed by atoms with van der Waals surface area (Å²) in [5, 5.41) is 14.5. The van der Waals surface area contributed by atoms with Gasteiger partial charge in [0.2, 0.25) is 0 Å². The molecule has 2 aliphatic rings. The number of halogens is 3. The molecule has 0 unspecified atom stereocenters. The average Bonchev–Trinajstić information content (AvgIpc) is 2.88. The van der Waals surface area contributed by atoms with E-state index in [-0.39, 0.29) is 22.7 Å². The molecule has 1 heterocycles. The van der Waals surface area contributed by atoms with Gasteiger partial charge < -0.3 is 9.84 Å². The molecule has 1 amide bonds. The van der Waals surface area contributed by atoms with E-state index in [0.717, 1.165) is 0 Å². The zero-order chi connectivity index (χ0) is 17.5. The van der Waals surface area contributed by atoms with Crippen LogP contribution in [0.4, 0.5) is 13.2 Å². The van der Waals surface area contributed by atoms with Crippen LogP contribution in [0.25, 0.3) is 0 Å². The van der Waals surface area contributed by atoms with Gasteiger partial charge >= 0.3 is 6.18 Å². The van der Waals surface area contributed by atoms with Crippen LogP contribution in [0.1, 0.15) is 36.0 Å². The molecule has 3 rings (SSSR count). The van der Waals surface area contributed by atoms with Crippen LogP contribution in [-0.4, -0.2) is 40.7 Å². The summed E-state index contributed by atoms with van der Waals surface area (Å²) in [5.74, 6) is -1.88. The highest BCUT2D eigenvalue weighted by atomic mass is 19.4. The molecule has 1 fully saturated rings. The lowest BCUT2D eigenvalue weighted by Gasteiger charge is -2.38. The van der Waals surface area contributed by atoms with E-state index in [0.29, 0.717) is 25.0 Å². The van der Waals surface area contributed by atoms with Crippen molar-refractivity contribution in [2.24, 2.45) is 11.0 Å². The molecule has 0 aromatic heterocycles. The van der Waals surface area contributed by atoms with Crippen molar-refractivity contribution >= 4 is 11.6 Å². The SMILES string of the molecule is COc1cccc(C(=O)N2N=C3CCCC[C@H]3[C@]2(O)C(F)(F)F)c1. The number of alkyl halides is 3. The van der Waals surface area contributed by atoms with Crippen molar-refractivity contribution in [2.45, 2.75) is 37.6 Å². The Balaban J connectivity index is 2.03. The van der Waals surface area contributed by atoms with Crippen LogP contribution in [0.15, 0.2) is 29.4 Å². The molecule has 0 spiro atoms. The van der Waals surface area contributed by atoms with Crippen molar-refractivity contribution in [3.8, 4) is 5.75 Å². The van der Waals surface area contributed by atoms with Crippen LogP contribution < -0.4 is 4.74 Å². The van der Waals surface area contributed by atoms with Crippen molar-refractivity contribution in [1.29, 1.82) is 0 Å². The summed E-state index contributed by atoms with van der Waals surface area (Å²) < 4.78 is 45.9. The number of fused-ring (bicyclic) bond motifs is 1. The van der Waals surface area contributed by atoms with E-state index < -0.39 is 23.7 Å². The highest BCUT2D eigenvalue weighted by Crippen LogP contribution is 2.48. The summed E-state index contributed by atoms with van der Waals surface area (Å²) >= 11 is 0. The first-order valence-electron chi connectivity index (χ1n) is 7.64. The molecule has 2 atom stereocenters. The first-order valence-corrected chi connectivity index (χ1v) is 7.64. The van der Waals surface area contributed by atoms with E-state index in [1.807, 2.05) is 0 Å². The number of nitrogens with zero attached hydrogens (tertiary/aromatic N) is 2. The fourth-order valence-corrected chi connectivity index (χ4v) is 3.30. The Hall–Kier alpha value is -2.09. The Kier molecular flexibility index (Phi) is 4.03. The largest absolute Gasteiger partial charge is 0.497 e.